The Morgan fingerprint density at radius 1 is 1.32 bits per heavy atom. The Kier molecular flexibility index (Phi) is 2.74. The normalized spacial score (nSPS) is 15.7. The summed E-state index contributed by atoms with van der Waals surface area (Å²) in [5.74, 6) is 0.194. The maximum Gasteiger partial charge on any atom is 0.416 e. The topological polar surface area (TPSA) is 41.8 Å². The van der Waals surface area contributed by atoms with Crippen LogP contribution in [0.5, 0.6) is 0 Å². The Bertz CT molecular complexity index is 670. The number of benzene rings is 1. The van der Waals surface area contributed by atoms with Gasteiger partial charge in [-0.05, 0) is 54.7 Å². The highest BCUT2D eigenvalue weighted by Gasteiger charge is 2.38. The largest absolute Gasteiger partial charge is 0.416 e. The van der Waals surface area contributed by atoms with E-state index in [9.17, 15) is 13.2 Å². The Labute approximate surface area is 111 Å². The van der Waals surface area contributed by atoms with Crippen LogP contribution in [0.2, 0.25) is 0 Å². The van der Waals surface area contributed by atoms with E-state index < -0.39 is 11.7 Å². The second-order valence-corrected chi connectivity index (χ2v) is 4.86. The number of nitrogens with zero attached hydrogens (tertiary/aromatic N) is 1. The third-order valence-corrected chi connectivity index (χ3v) is 3.23. The third-order valence-electron chi connectivity index (χ3n) is 3.06. The molecule has 0 bridgehead atoms. The molecule has 3 rings (SSSR count). The number of aromatic nitrogens is 2. The smallest absolute Gasteiger partial charge is 0.409 e. The van der Waals surface area contributed by atoms with E-state index in [0.29, 0.717) is 11.1 Å². The average Bonchev–Trinajstić information content (AvgIpc) is 3.10. The molecule has 0 radical (unpaired) electrons. The monoisotopic (exact) mass is 286 g/mol. The first-order valence-electron chi connectivity index (χ1n) is 5.72. The standard InChI is InChI=1S/C12H9F3N2OS/c13-12(14,15)9-4-3-7(5-8(9)6-1-2-6)10-16-17-11(19)18-10/h3-6H,1-2H2,(H,17,19). The first-order chi connectivity index (χ1) is 8.95. The van der Waals surface area contributed by atoms with E-state index in [-0.39, 0.29) is 16.6 Å². The molecule has 0 saturated heterocycles. The first kappa shape index (κ1) is 12.4. The summed E-state index contributed by atoms with van der Waals surface area (Å²) in [7, 11) is 0. The van der Waals surface area contributed by atoms with Crippen LogP contribution in [0.1, 0.15) is 29.9 Å². The van der Waals surface area contributed by atoms with Crippen molar-refractivity contribution in [3.05, 3.63) is 34.2 Å². The highest BCUT2D eigenvalue weighted by molar-refractivity contribution is 7.71. The lowest BCUT2D eigenvalue weighted by Crippen LogP contribution is -2.08. The van der Waals surface area contributed by atoms with Gasteiger partial charge in [-0.3, -0.25) is 0 Å². The molecule has 1 aromatic heterocycles. The zero-order valence-electron chi connectivity index (χ0n) is 9.62. The minimum atomic E-state index is -4.33. The van der Waals surface area contributed by atoms with Gasteiger partial charge in [0.15, 0.2) is 0 Å². The van der Waals surface area contributed by atoms with Gasteiger partial charge in [0.1, 0.15) is 0 Å². The van der Waals surface area contributed by atoms with E-state index in [1.165, 1.54) is 12.1 Å². The van der Waals surface area contributed by atoms with Crippen LogP contribution in [-0.4, -0.2) is 10.2 Å². The maximum atomic E-state index is 12.9. The summed E-state index contributed by atoms with van der Waals surface area (Å²) in [6.07, 6.45) is -2.75. The fourth-order valence-corrected chi connectivity index (χ4v) is 2.16. The van der Waals surface area contributed by atoms with Crippen molar-refractivity contribution in [3.8, 4) is 11.5 Å². The molecule has 0 aliphatic heterocycles. The zero-order valence-corrected chi connectivity index (χ0v) is 10.4. The van der Waals surface area contributed by atoms with Crippen molar-refractivity contribution < 1.29 is 17.6 Å². The molecule has 19 heavy (non-hydrogen) atoms. The van der Waals surface area contributed by atoms with E-state index >= 15 is 0 Å². The molecule has 1 aliphatic carbocycles. The summed E-state index contributed by atoms with van der Waals surface area (Å²) < 4.78 is 43.9. The highest BCUT2D eigenvalue weighted by Crippen LogP contribution is 2.46. The molecule has 1 N–H and O–H groups in total. The molecular weight excluding hydrogens is 277 g/mol. The summed E-state index contributed by atoms with van der Waals surface area (Å²) in [4.78, 5) is 0.0999. The van der Waals surface area contributed by atoms with Gasteiger partial charge in [0.2, 0.25) is 5.89 Å². The lowest BCUT2D eigenvalue weighted by atomic mass is 9.99. The van der Waals surface area contributed by atoms with Gasteiger partial charge in [-0.25, -0.2) is 5.10 Å². The maximum absolute atomic E-state index is 12.9. The molecule has 0 unspecified atom stereocenters. The molecule has 100 valence electrons. The number of nitrogens with one attached hydrogen (secondary N) is 1. The highest BCUT2D eigenvalue weighted by atomic mass is 32.1. The summed E-state index contributed by atoms with van der Waals surface area (Å²) in [6.45, 7) is 0. The van der Waals surface area contributed by atoms with Crippen LogP contribution < -0.4 is 0 Å². The van der Waals surface area contributed by atoms with Gasteiger partial charge in [0, 0.05) is 5.56 Å². The van der Waals surface area contributed by atoms with Crippen LogP contribution in [-0.2, 0) is 6.18 Å². The van der Waals surface area contributed by atoms with Crippen molar-refractivity contribution in [1.29, 1.82) is 0 Å². The summed E-state index contributed by atoms with van der Waals surface area (Å²) in [5, 5.41) is 6.27. The summed E-state index contributed by atoms with van der Waals surface area (Å²) in [6, 6.07) is 3.92. The predicted octanol–water partition coefficient (Wildman–Crippen LogP) is 4.30. The van der Waals surface area contributed by atoms with Gasteiger partial charge in [0.25, 0.3) is 4.84 Å². The number of H-pyrrole nitrogens is 1. The second kappa shape index (κ2) is 4.19. The van der Waals surface area contributed by atoms with Crippen molar-refractivity contribution in [2.75, 3.05) is 0 Å². The fourth-order valence-electron chi connectivity index (χ4n) is 2.04. The molecule has 1 saturated carbocycles. The van der Waals surface area contributed by atoms with E-state index in [0.717, 1.165) is 18.9 Å². The first-order valence-corrected chi connectivity index (χ1v) is 6.13. The number of halogens is 3. The molecule has 3 nitrogen and oxygen atoms in total. The van der Waals surface area contributed by atoms with Gasteiger partial charge >= 0.3 is 6.18 Å². The van der Waals surface area contributed by atoms with Gasteiger partial charge in [-0.1, -0.05) is 0 Å². The SMILES string of the molecule is FC(F)(F)c1ccc(-c2n[nH]c(=S)o2)cc1C1CC1. The molecule has 1 aliphatic rings. The van der Waals surface area contributed by atoms with Crippen LogP contribution >= 0.6 is 12.2 Å². The van der Waals surface area contributed by atoms with E-state index in [2.05, 4.69) is 10.2 Å². The van der Waals surface area contributed by atoms with Crippen molar-refractivity contribution in [2.24, 2.45) is 0 Å². The molecule has 0 spiro atoms. The minimum Gasteiger partial charge on any atom is -0.409 e. The Hall–Kier alpha value is -1.63. The van der Waals surface area contributed by atoms with Crippen LogP contribution in [0, 0.1) is 4.84 Å². The molecule has 7 heteroatoms. The van der Waals surface area contributed by atoms with Gasteiger partial charge < -0.3 is 4.42 Å². The zero-order chi connectivity index (χ0) is 13.6. The van der Waals surface area contributed by atoms with Gasteiger partial charge in [-0.15, -0.1) is 5.10 Å². The molecule has 1 heterocycles. The molecule has 0 atom stereocenters. The summed E-state index contributed by atoms with van der Waals surface area (Å²) >= 11 is 4.75. The number of alkyl halides is 3. The lowest BCUT2D eigenvalue weighted by molar-refractivity contribution is -0.138. The Morgan fingerprint density at radius 3 is 2.58 bits per heavy atom. The molecule has 1 fully saturated rings. The molecule has 0 amide bonds. The Balaban J connectivity index is 2.10. The number of hydrogen-bond acceptors (Lipinski definition) is 3. The van der Waals surface area contributed by atoms with Crippen molar-refractivity contribution in [3.63, 3.8) is 0 Å². The van der Waals surface area contributed by atoms with E-state index in [1.807, 2.05) is 0 Å². The number of aromatic amines is 1. The van der Waals surface area contributed by atoms with Gasteiger partial charge in [-0.2, -0.15) is 13.2 Å². The van der Waals surface area contributed by atoms with E-state index in [4.69, 9.17) is 16.6 Å². The minimum absolute atomic E-state index is 0.0153. The molecular formula is C12H9F3N2OS. The number of hydrogen-bond donors (Lipinski definition) is 1. The number of rotatable bonds is 2. The van der Waals surface area contributed by atoms with Crippen molar-refractivity contribution in [1.82, 2.24) is 10.2 Å². The van der Waals surface area contributed by atoms with Crippen molar-refractivity contribution in [2.45, 2.75) is 24.9 Å². The Morgan fingerprint density at radius 2 is 2.05 bits per heavy atom. The van der Waals surface area contributed by atoms with Crippen molar-refractivity contribution >= 4 is 12.2 Å². The van der Waals surface area contributed by atoms with Crippen LogP contribution in [0.25, 0.3) is 11.5 Å². The predicted molar refractivity (Wildman–Crippen MR) is 64.1 cm³/mol. The quantitative estimate of drug-likeness (QED) is 0.837. The van der Waals surface area contributed by atoms with Crippen LogP contribution in [0.15, 0.2) is 22.6 Å². The molecule has 1 aromatic carbocycles. The average molecular weight is 286 g/mol. The third kappa shape index (κ3) is 2.42. The molecule has 2 aromatic rings. The lowest BCUT2D eigenvalue weighted by Gasteiger charge is -2.13. The van der Waals surface area contributed by atoms with E-state index in [1.54, 1.807) is 0 Å². The van der Waals surface area contributed by atoms with Gasteiger partial charge in [0.05, 0.1) is 5.56 Å². The second-order valence-electron chi connectivity index (χ2n) is 4.49. The van der Waals surface area contributed by atoms with Crippen LogP contribution in [0.4, 0.5) is 13.2 Å². The fraction of sp³-hybridized carbons (Fsp3) is 0.333. The van der Waals surface area contributed by atoms with Crippen LogP contribution in [0.3, 0.4) is 0 Å². The summed E-state index contributed by atoms with van der Waals surface area (Å²) in [5.41, 5.74) is 0.240.